The van der Waals surface area contributed by atoms with Crippen LogP contribution in [0.15, 0.2) is 59.1 Å². The quantitative estimate of drug-likeness (QED) is 0.686. The van der Waals surface area contributed by atoms with E-state index >= 15 is 0 Å². The summed E-state index contributed by atoms with van der Waals surface area (Å²) in [6, 6.07) is 15.9. The number of hydrogen-bond acceptors (Lipinski definition) is 6. The molecule has 25 heavy (non-hydrogen) atoms. The second-order valence-corrected chi connectivity index (χ2v) is 5.44. The molecular formula is C18H18N4O3. The van der Waals surface area contributed by atoms with Gasteiger partial charge in [-0.2, -0.15) is 4.98 Å². The van der Waals surface area contributed by atoms with Crippen molar-refractivity contribution in [1.29, 1.82) is 0 Å². The SMILES string of the molecule is Cc1noc(COc2ccc(NC(C(N)=O)c3ccccc3)cc2)n1. The number of carbonyl (C=O) groups excluding carboxylic acids is 1. The van der Waals surface area contributed by atoms with E-state index in [2.05, 4.69) is 15.5 Å². The summed E-state index contributed by atoms with van der Waals surface area (Å²) < 4.78 is 10.6. The van der Waals surface area contributed by atoms with Gasteiger partial charge in [-0.25, -0.2) is 0 Å². The van der Waals surface area contributed by atoms with Gasteiger partial charge in [-0.05, 0) is 36.8 Å². The Morgan fingerprint density at radius 1 is 1.20 bits per heavy atom. The molecule has 0 fully saturated rings. The molecule has 0 aliphatic heterocycles. The van der Waals surface area contributed by atoms with Crippen LogP contribution in [-0.2, 0) is 11.4 Å². The summed E-state index contributed by atoms with van der Waals surface area (Å²) in [5, 5.41) is 6.83. The van der Waals surface area contributed by atoms with Gasteiger partial charge < -0.3 is 20.3 Å². The van der Waals surface area contributed by atoms with Crippen molar-refractivity contribution in [2.45, 2.75) is 19.6 Å². The molecule has 0 spiro atoms. The minimum Gasteiger partial charge on any atom is -0.484 e. The second-order valence-electron chi connectivity index (χ2n) is 5.44. The first-order chi connectivity index (χ1) is 12.1. The first-order valence-electron chi connectivity index (χ1n) is 7.74. The first kappa shape index (κ1) is 16.5. The summed E-state index contributed by atoms with van der Waals surface area (Å²) in [4.78, 5) is 15.8. The Hall–Kier alpha value is -3.35. The van der Waals surface area contributed by atoms with Gasteiger partial charge in [-0.15, -0.1) is 0 Å². The van der Waals surface area contributed by atoms with Crippen LogP contribution < -0.4 is 15.8 Å². The van der Waals surface area contributed by atoms with E-state index in [1.54, 1.807) is 19.1 Å². The number of anilines is 1. The van der Waals surface area contributed by atoms with Gasteiger partial charge in [-0.3, -0.25) is 4.79 Å². The number of hydrogen-bond donors (Lipinski definition) is 2. The van der Waals surface area contributed by atoms with Crippen LogP contribution in [0.3, 0.4) is 0 Å². The summed E-state index contributed by atoms with van der Waals surface area (Å²) in [7, 11) is 0. The van der Waals surface area contributed by atoms with Gasteiger partial charge in [0.15, 0.2) is 12.4 Å². The minimum atomic E-state index is -0.602. The summed E-state index contributed by atoms with van der Waals surface area (Å²) in [6.07, 6.45) is 0. The zero-order valence-corrected chi connectivity index (χ0v) is 13.7. The van der Waals surface area contributed by atoms with Crippen LogP contribution >= 0.6 is 0 Å². The number of amides is 1. The Bertz CT molecular complexity index is 831. The van der Waals surface area contributed by atoms with Crippen LogP contribution in [0.5, 0.6) is 5.75 Å². The van der Waals surface area contributed by atoms with E-state index in [9.17, 15) is 4.79 Å². The van der Waals surface area contributed by atoms with Crippen molar-refractivity contribution in [3.05, 3.63) is 71.9 Å². The zero-order chi connectivity index (χ0) is 17.6. The number of aromatic nitrogens is 2. The number of carbonyl (C=O) groups is 1. The van der Waals surface area contributed by atoms with Crippen LogP contribution in [-0.4, -0.2) is 16.0 Å². The van der Waals surface area contributed by atoms with Crippen molar-refractivity contribution in [3.8, 4) is 5.75 Å². The third kappa shape index (κ3) is 4.35. The second kappa shape index (κ2) is 7.48. The molecule has 0 saturated carbocycles. The molecule has 128 valence electrons. The van der Waals surface area contributed by atoms with Crippen molar-refractivity contribution in [3.63, 3.8) is 0 Å². The molecule has 0 radical (unpaired) electrons. The maximum atomic E-state index is 11.7. The Kier molecular flexibility index (Phi) is 4.94. The van der Waals surface area contributed by atoms with Gasteiger partial charge in [0, 0.05) is 5.69 Å². The smallest absolute Gasteiger partial charge is 0.264 e. The molecule has 7 heteroatoms. The fourth-order valence-corrected chi connectivity index (χ4v) is 2.32. The Balaban J connectivity index is 1.64. The molecule has 1 aromatic heterocycles. The monoisotopic (exact) mass is 338 g/mol. The number of nitrogens with one attached hydrogen (secondary N) is 1. The molecule has 0 bridgehead atoms. The summed E-state index contributed by atoms with van der Waals surface area (Å²) in [5.41, 5.74) is 7.08. The van der Waals surface area contributed by atoms with Crippen LogP contribution in [0.4, 0.5) is 5.69 Å². The maximum Gasteiger partial charge on any atom is 0.264 e. The zero-order valence-electron chi connectivity index (χ0n) is 13.7. The lowest BCUT2D eigenvalue weighted by atomic mass is 10.1. The van der Waals surface area contributed by atoms with Gasteiger partial charge in [0.05, 0.1) is 0 Å². The van der Waals surface area contributed by atoms with Gasteiger partial charge in [0.25, 0.3) is 5.89 Å². The highest BCUT2D eigenvalue weighted by molar-refractivity contribution is 5.84. The first-order valence-corrected chi connectivity index (χ1v) is 7.74. The van der Waals surface area contributed by atoms with Crippen LogP contribution in [0.1, 0.15) is 23.3 Å². The third-order valence-corrected chi connectivity index (χ3v) is 3.51. The Labute approximate surface area is 144 Å². The Morgan fingerprint density at radius 3 is 2.52 bits per heavy atom. The number of benzene rings is 2. The highest BCUT2D eigenvalue weighted by Gasteiger charge is 2.17. The van der Waals surface area contributed by atoms with E-state index in [-0.39, 0.29) is 6.61 Å². The molecule has 1 unspecified atom stereocenters. The summed E-state index contributed by atoms with van der Waals surface area (Å²) >= 11 is 0. The molecule has 3 rings (SSSR count). The molecule has 3 aromatic rings. The number of nitrogens with zero attached hydrogens (tertiary/aromatic N) is 2. The summed E-state index contributed by atoms with van der Waals surface area (Å²) in [6.45, 7) is 1.94. The predicted molar refractivity (Wildman–Crippen MR) is 91.8 cm³/mol. The topological polar surface area (TPSA) is 103 Å². The van der Waals surface area contributed by atoms with Crippen molar-refractivity contribution >= 4 is 11.6 Å². The molecular weight excluding hydrogens is 320 g/mol. The van der Waals surface area contributed by atoms with E-state index in [1.165, 1.54) is 0 Å². The van der Waals surface area contributed by atoms with Gasteiger partial charge in [0.1, 0.15) is 11.8 Å². The Morgan fingerprint density at radius 2 is 1.92 bits per heavy atom. The predicted octanol–water partition coefficient (Wildman–Crippen LogP) is 2.60. The average molecular weight is 338 g/mol. The fourth-order valence-electron chi connectivity index (χ4n) is 2.32. The van der Waals surface area contributed by atoms with Crippen molar-refractivity contribution in [1.82, 2.24) is 10.1 Å². The molecule has 1 amide bonds. The average Bonchev–Trinajstić information content (AvgIpc) is 3.05. The van der Waals surface area contributed by atoms with Gasteiger partial charge in [-0.1, -0.05) is 35.5 Å². The lowest BCUT2D eigenvalue weighted by Gasteiger charge is -2.17. The van der Waals surface area contributed by atoms with Crippen LogP contribution in [0, 0.1) is 6.92 Å². The highest BCUT2D eigenvalue weighted by atomic mass is 16.5. The molecule has 0 saturated heterocycles. The molecule has 3 N–H and O–H groups in total. The maximum absolute atomic E-state index is 11.7. The standard InChI is InChI=1S/C18H18N4O3/c1-12-20-16(25-22-12)11-24-15-9-7-14(8-10-15)21-17(18(19)23)13-5-3-2-4-6-13/h2-10,17,21H,11H2,1H3,(H2,19,23). The summed E-state index contributed by atoms with van der Waals surface area (Å²) in [5.74, 6) is 1.18. The molecule has 7 nitrogen and oxygen atoms in total. The number of rotatable bonds is 7. The largest absolute Gasteiger partial charge is 0.484 e. The lowest BCUT2D eigenvalue weighted by Crippen LogP contribution is -2.27. The van der Waals surface area contributed by atoms with Crippen LogP contribution in [0.25, 0.3) is 0 Å². The molecule has 0 aliphatic rings. The third-order valence-electron chi connectivity index (χ3n) is 3.51. The van der Waals surface area contributed by atoms with Gasteiger partial charge >= 0.3 is 0 Å². The fraction of sp³-hybridized carbons (Fsp3) is 0.167. The molecule has 0 aliphatic carbocycles. The van der Waals surface area contributed by atoms with Gasteiger partial charge in [0.2, 0.25) is 5.91 Å². The highest BCUT2D eigenvalue weighted by Crippen LogP contribution is 2.22. The molecule has 1 atom stereocenters. The molecule has 1 heterocycles. The van der Waals surface area contributed by atoms with Crippen LogP contribution in [0.2, 0.25) is 0 Å². The van der Waals surface area contributed by atoms with E-state index in [4.69, 9.17) is 15.0 Å². The number of primary amides is 1. The lowest BCUT2D eigenvalue weighted by molar-refractivity contribution is -0.118. The van der Waals surface area contributed by atoms with E-state index in [1.807, 2.05) is 42.5 Å². The number of ether oxygens (including phenoxy) is 1. The molecule has 2 aromatic carbocycles. The number of aryl methyl sites for hydroxylation is 1. The van der Waals surface area contributed by atoms with E-state index in [0.717, 1.165) is 11.3 Å². The van der Waals surface area contributed by atoms with Crippen molar-refractivity contribution in [2.75, 3.05) is 5.32 Å². The van der Waals surface area contributed by atoms with E-state index in [0.29, 0.717) is 17.5 Å². The minimum absolute atomic E-state index is 0.196. The number of nitrogens with two attached hydrogens (primary N) is 1. The normalized spacial score (nSPS) is 11.7. The van der Waals surface area contributed by atoms with E-state index < -0.39 is 11.9 Å². The van der Waals surface area contributed by atoms with Crippen molar-refractivity contribution < 1.29 is 14.1 Å². The van der Waals surface area contributed by atoms with Crippen molar-refractivity contribution in [2.24, 2.45) is 5.73 Å².